The van der Waals surface area contributed by atoms with E-state index in [0.29, 0.717) is 23.3 Å². The lowest BCUT2D eigenvalue weighted by molar-refractivity contribution is -0.149. The summed E-state index contributed by atoms with van der Waals surface area (Å²) >= 11 is 0. The maximum atomic E-state index is 12.3. The van der Waals surface area contributed by atoms with Gasteiger partial charge in [-0.15, -0.1) is 0 Å². The van der Waals surface area contributed by atoms with E-state index in [0.717, 1.165) is 11.3 Å². The predicted octanol–water partition coefficient (Wildman–Crippen LogP) is 1.64. The molecule has 0 aromatic carbocycles. The Bertz CT molecular complexity index is 360. The van der Waals surface area contributed by atoms with Crippen LogP contribution >= 0.6 is 0 Å². The highest BCUT2D eigenvalue weighted by Gasteiger charge is 2.38. The van der Waals surface area contributed by atoms with E-state index < -0.39 is 31.3 Å². The highest BCUT2D eigenvalue weighted by molar-refractivity contribution is 5.80. The van der Waals surface area contributed by atoms with Crippen LogP contribution in [0.4, 0.5) is 18.0 Å². The van der Waals surface area contributed by atoms with Gasteiger partial charge in [0.15, 0.2) is 0 Å². The Morgan fingerprint density at radius 3 is 2.26 bits per heavy atom. The van der Waals surface area contributed by atoms with Crippen LogP contribution in [0.3, 0.4) is 0 Å². The quantitative estimate of drug-likeness (QED) is 0.834. The van der Waals surface area contributed by atoms with Crippen LogP contribution in [-0.2, 0) is 4.79 Å². The van der Waals surface area contributed by atoms with Crippen molar-refractivity contribution in [3.63, 3.8) is 0 Å². The molecule has 1 aliphatic rings. The van der Waals surface area contributed by atoms with E-state index in [2.05, 4.69) is 0 Å². The number of alkyl halides is 3. The lowest BCUT2D eigenvalue weighted by Gasteiger charge is -2.27. The molecule has 1 rings (SSSR count). The third-order valence-corrected chi connectivity index (χ3v) is 3.08. The van der Waals surface area contributed by atoms with Gasteiger partial charge in [-0.25, -0.2) is 4.79 Å². The lowest BCUT2D eigenvalue weighted by atomic mass is 10.3. The second-order valence-electron chi connectivity index (χ2n) is 5.00. The first-order valence-electron chi connectivity index (χ1n) is 5.88. The number of carboxylic acid groups (broad SMARTS) is 1. The Labute approximate surface area is 109 Å². The SMILES string of the molecule is CC1CC1CN(C)C(=O)N(CC(=O)O)CC(F)(F)F. The molecule has 2 atom stereocenters. The third kappa shape index (κ3) is 5.35. The molecule has 110 valence electrons. The van der Waals surface area contributed by atoms with Crippen molar-refractivity contribution in [1.29, 1.82) is 0 Å². The van der Waals surface area contributed by atoms with Crippen LogP contribution in [0, 0.1) is 11.8 Å². The summed E-state index contributed by atoms with van der Waals surface area (Å²) in [6.07, 6.45) is -3.67. The number of nitrogens with zero attached hydrogens (tertiary/aromatic N) is 2. The van der Waals surface area contributed by atoms with Crippen LogP contribution < -0.4 is 0 Å². The number of hydrogen-bond acceptors (Lipinski definition) is 2. The molecule has 0 bridgehead atoms. The van der Waals surface area contributed by atoms with Crippen molar-refractivity contribution in [2.45, 2.75) is 19.5 Å². The summed E-state index contributed by atoms with van der Waals surface area (Å²) in [5.41, 5.74) is 0. The summed E-state index contributed by atoms with van der Waals surface area (Å²) in [6, 6.07) is -0.904. The minimum atomic E-state index is -4.61. The number of halogens is 3. The van der Waals surface area contributed by atoms with E-state index in [-0.39, 0.29) is 0 Å². The zero-order valence-electron chi connectivity index (χ0n) is 10.8. The maximum absolute atomic E-state index is 12.3. The van der Waals surface area contributed by atoms with E-state index in [1.54, 1.807) is 0 Å². The van der Waals surface area contributed by atoms with Gasteiger partial charge in [0, 0.05) is 13.6 Å². The highest BCUT2D eigenvalue weighted by atomic mass is 19.4. The van der Waals surface area contributed by atoms with Gasteiger partial charge in [0.25, 0.3) is 0 Å². The van der Waals surface area contributed by atoms with Crippen molar-refractivity contribution in [1.82, 2.24) is 9.80 Å². The first-order valence-corrected chi connectivity index (χ1v) is 5.88. The Balaban J connectivity index is 2.61. The van der Waals surface area contributed by atoms with Gasteiger partial charge in [-0.2, -0.15) is 13.2 Å². The number of carboxylic acids is 1. The molecule has 0 heterocycles. The summed E-state index contributed by atoms with van der Waals surface area (Å²) in [5.74, 6) is -0.705. The van der Waals surface area contributed by atoms with Gasteiger partial charge in [0.1, 0.15) is 13.1 Å². The van der Waals surface area contributed by atoms with Crippen molar-refractivity contribution in [2.24, 2.45) is 11.8 Å². The molecule has 1 aliphatic carbocycles. The number of rotatable bonds is 5. The summed E-state index contributed by atoms with van der Waals surface area (Å²) in [6.45, 7) is -0.159. The average Bonchev–Trinajstić information content (AvgIpc) is 2.89. The molecule has 5 nitrogen and oxygen atoms in total. The molecule has 0 aromatic heterocycles. The zero-order valence-corrected chi connectivity index (χ0v) is 10.8. The molecule has 2 amide bonds. The molecule has 1 N–H and O–H groups in total. The van der Waals surface area contributed by atoms with E-state index >= 15 is 0 Å². The standard InChI is InChI=1S/C11H17F3N2O3/c1-7-3-8(7)4-15(2)10(19)16(5-9(17)18)6-11(12,13)14/h7-8H,3-6H2,1-2H3,(H,17,18). The number of carbonyl (C=O) groups is 2. The summed E-state index contributed by atoms with van der Waals surface area (Å²) in [5, 5.41) is 8.57. The van der Waals surface area contributed by atoms with Crippen molar-refractivity contribution in [3.05, 3.63) is 0 Å². The van der Waals surface area contributed by atoms with Crippen molar-refractivity contribution >= 4 is 12.0 Å². The van der Waals surface area contributed by atoms with Crippen LogP contribution in [-0.4, -0.2) is 59.8 Å². The number of hydrogen-bond donors (Lipinski definition) is 1. The summed E-state index contributed by atoms with van der Waals surface area (Å²) in [7, 11) is 1.39. The fraction of sp³-hybridized carbons (Fsp3) is 0.818. The molecule has 0 radical (unpaired) electrons. The molecule has 0 saturated heterocycles. The molecular weight excluding hydrogens is 265 g/mol. The molecular formula is C11H17F3N2O3. The monoisotopic (exact) mass is 282 g/mol. The third-order valence-electron chi connectivity index (χ3n) is 3.08. The largest absolute Gasteiger partial charge is 0.480 e. The number of amides is 2. The summed E-state index contributed by atoms with van der Waals surface area (Å²) < 4.78 is 36.9. The van der Waals surface area contributed by atoms with Gasteiger partial charge in [-0.05, 0) is 18.3 Å². The smallest absolute Gasteiger partial charge is 0.406 e. The Morgan fingerprint density at radius 1 is 1.37 bits per heavy atom. The average molecular weight is 282 g/mol. The van der Waals surface area contributed by atoms with Gasteiger partial charge in [0.05, 0.1) is 0 Å². The van der Waals surface area contributed by atoms with Gasteiger partial charge in [0.2, 0.25) is 0 Å². The molecule has 19 heavy (non-hydrogen) atoms. The normalized spacial score (nSPS) is 21.9. The first kappa shape index (κ1) is 15.6. The van der Waals surface area contributed by atoms with Crippen molar-refractivity contribution in [3.8, 4) is 0 Å². The molecule has 0 aromatic rings. The number of urea groups is 1. The van der Waals surface area contributed by atoms with Crippen LogP contribution in [0.25, 0.3) is 0 Å². The van der Waals surface area contributed by atoms with E-state index in [4.69, 9.17) is 5.11 Å². The number of aliphatic carboxylic acids is 1. The first-order chi connectivity index (χ1) is 8.60. The maximum Gasteiger partial charge on any atom is 0.406 e. The van der Waals surface area contributed by atoms with Crippen molar-refractivity contribution < 1.29 is 27.9 Å². The fourth-order valence-electron chi connectivity index (χ4n) is 1.90. The minimum absolute atomic E-state index is 0.298. The van der Waals surface area contributed by atoms with Gasteiger partial charge in [-0.1, -0.05) is 6.92 Å². The van der Waals surface area contributed by atoms with Crippen LogP contribution in [0.2, 0.25) is 0 Å². The zero-order chi connectivity index (χ0) is 14.8. The van der Waals surface area contributed by atoms with Gasteiger partial charge in [-0.3, -0.25) is 4.79 Å². The molecule has 1 fully saturated rings. The van der Waals surface area contributed by atoms with Crippen LogP contribution in [0.15, 0.2) is 0 Å². The molecule has 0 aliphatic heterocycles. The van der Waals surface area contributed by atoms with E-state index in [1.165, 1.54) is 7.05 Å². The predicted molar refractivity (Wildman–Crippen MR) is 60.6 cm³/mol. The topological polar surface area (TPSA) is 60.9 Å². The van der Waals surface area contributed by atoms with E-state index in [1.807, 2.05) is 6.92 Å². The molecule has 0 spiro atoms. The van der Waals surface area contributed by atoms with Crippen LogP contribution in [0.1, 0.15) is 13.3 Å². The second kappa shape index (κ2) is 5.66. The Hall–Kier alpha value is -1.47. The Morgan fingerprint density at radius 2 is 1.89 bits per heavy atom. The molecule has 1 saturated carbocycles. The van der Waals surface area contributed by atoms with Crippen LogP contribution in [0.5, 0.6) is 0 Å². The second-order valence-corrected chi connectivity index (χ2v) is 5.00. The van der Waals surface area contributed by atoms with E-state index in [9.17, 15) is 22.8 Å². The molecule has 2 unspecified atom stereocenters. The highest BCUT2D eigenvalue weighted by Crippen LogP contribution is 2.38. The van der Waals surface area contributed by atoms with Gasteiger partial charge >= 0.3 is 18.2 Å². The van der Waals surface area contributed by atoms with Gasteiger partial charge < -0.3 is 14.9 Å². The summed E-state index contributed by atoms with van der Waals surface area (Å²) in [4.78, 5) is 23.8. The van der Waals surface area contributed by atoms with Crippen molar-refractivity contribution in [2.75, 3.05) is 26.7 Å². The number of carbonyl (C=O) groups excluding carboxylic acids is 1. The fourth-order valence-corrected chi connectivity index (χ4v) is 1.90. The Kier molecular flexibility index (Phi) is 4.65. The lowest BCUT2D eigenvalue weighted by Crippen LogP contribution is -2.48. The minimum Gasteiger partial charge on any atom is -0.480 e. The molecule has 8 heteroatoms.